The first kappa shape index (κ1) is 12.7. The fourth-order valence-electron chi connectivity index (χ4n) is 1.72. The summed E-state index contributed by atoms with van der Waals surface area (Å²) in [6.45, 7) is 4.67. The molecule has 16 heavy (non-hydrogen) atoms. The van der Waals surface area contributed by atoms with Gasteiger partial charge in [0.1, 0.15) is 0 Å². The van der Waals surface area contributed by atoms with Gasteiger partial charge in [-0.15, -0.1) is 0 Å². The first-order valence-electron chi connectivity index (χ1n) is 5.25. The van der Waals surface area contributed by atoms with E-state index in [1.807, 2.05) is 5.43 Å². The molecule has 1 fully saturated rings. The highest BCUT2D eigenvalue weighted by molar-refractivity contribution is 5.75. The molecule has 2 N–H and O–H groups in total. The van der Waals surface area contributed by atoms with Crippen molar-refractivity contribution in [1.82, 2.24) is 10.3 Å². The predicted octanol–water partition coefficient (Wildman–Crippen LogP) is 0.448. The molecule has 7 nitrogen and oxygen atoms in total. The van der Waals surface area contributed by atoms with Crippen LogP contribution < -0.4 is 5.43 Å². The Balaban J connectivity index is 2.47. The molecule has 1 heterocycles. The van der Waals surface area contributed by atoms with Gasteiger partial charge in [-0.2, -0.15) is 0 Å². The van der Waals surface area contributed by atoms with Crippen LogP contribution in [0.4, 0.5) is 0 Å². The van der Waals surface area contributed by atoms with Gasteiger partial charge in [0.25, 0.3) is 5.96 Å². The van der Waals surface area contributed by atoms with Crippen LogP contribution >= 0.6 is 0 Å². The second-order valence-corrected chi connectivity index (χ2v) is 4.33. The van der Waals surface area contributed by atoms with E-state index in [0.29, 0.717) is 12.5 Å². The maximum absolute atomic E-state index is 10.2. The van der Waals surface area contributed by atoms with Crippen LogP contribution in [0.25, 0.3) is 0 Å². The number of likely N-dealkylation sites (N-methyl/N-ethyl adjacent to an activating group) is 1. The summed E-state index contributed by atoms with van der Waals surface area (Å²) in [5.41, 5.74) is 1.84. The number of rotatable bonds is 3. The lowest BCUT2D eigenvalue weighted by molar-refractivity contribution is -0.526. The van der Waals surface area contributed by atoms with Crippen molar-refractivity contribution in [3.8, 4) is 0 Å². The minimum atomic E-state index is -0.728. The molecule has 2 atom stereocenters. The minimum absolute atomic E-state index is 0.0346. The maximum Gasteiger partial charge on any atom is 0.254 e. The van der Waals surface area contributed by atoms with Crippen molar-refractivity contribution in [2.45, 2.75) is 32.4 Å². The molecular weight excluding hydrogens is 212 g/mol. The summed E-state index contributed by atoms with van der Waals surface area (Å²) in [7, 11) is 1.66. The third kappa shape index (κ3) is 3.06. The van der Waals surface area contributed by atoms with Gasteiger partial charge in [-0.25, -0.2) is 10.1 Å². The molecule has 1 rings (SSSR count). The van der Waals surface area contributed by atoms with E-state index >= 15 is 0 Å². The smallest absolute Gasteiger partial charge is 0.254 e. The second-order valence-electron chi connectivity index (χ2n) is 4.33. The number of hydrogen-bond acceptors (Lipinski definition) is 4. The number of guanidine groups is 1. The van der Waals surface area contributed by atoms with E-state index in [0.717, 1.165) is 6.42 Å². The van der Waals surface area contributed by atoms with E-state index < -0.39 is 5.03 Å². The molecule has 1 aliphatic heterocycles. The van der Waals surface area contributed by atoms with Gasteiger partial charge in [0.2, 0.25) is 0 Å². The Morgan fingerprint density at radius 3 is 2.75 bits per heavy atom. The van der Waals surface area contributed by atoms with Crippen LogP contribution in [0, 0.1) is 21.4 Å². The molecule has 0 radical (unpaired) electrons. The Morgan fingerprint density at radius 1 is 1.69 bits per heavy atom. The lowest BCUT2D eigenvalue weighted by atomic mass is 10.0. The zero-order chi connectivity index (χ0) is 12.3. The Bertz CT molecular complexity index is 282. The average Bonchev–Trinajstić information content (AvgIpc) is 2.64. The van der Waals surface area contributed by atoms with Gasteiger partial charge in [0, 0.05) is 7.05 Å². The van der Waals surface area contributed by atoms with Gasteiger partial charge in [-0.05, 0) is 12.3 Å². The van der Waals surface area contributed by atoms with Gasteiger partial charge in [-0.3, -0.25) is 5.41 Å². The molecule has 0 aliphatic carbocycles. The highest BCUT2D eigenvalue weighted by Gasteiger charge is 2.31. The minimum Gasteiger partial charge on any atom is -0.376 e. The van der Waals surface area contributed by atoms with Crippen molar-refractivity contribution >= 4 is 5.96 Å². The number of nitro groups is 1. The number of hydrogen-bond donors (Lipinski definition) is 2. The fourth-order valence-corrected chi connectivity index (χ4v) is 1.72. The topological polar surface area (TPSA) is 91.5 Å². The van der Waals surface area contributed by atoms with Gasteiger partial charge in [-0.1, -0.05) is 19.3 Å². The van der Waals surface area contributed by atoms with Crippen molar-refractivity contribution in [2.75, 3.05) is 13.7 Å². The molecule has 0 aromatic rings. The summed E-state index contributed by atoms with van der Waals surface area (Å²) in [4.78, 5) is 11.7. The van der Waals surface area contributed by atoms with E-state index in [9.17, 15) is 10.1 Å². The van der Waals surface area contributed by atoms with E-state index in [2.05, 4.69) is 13.8 Å². The largest absolute Gasteiger partial charge is 0.376 e. The molecule has 1 saturated heterocycles. The molecule has 0 amide bonds. The van der Waals surface area contributed by atoms with Crippen molar-refractivity contribution < 1.29 is 9.77 Å². The lowest BCUT2D eigenvalue weighted by Crippen LogP contribution is -2.46. The third-order valence-corrected chi connectivity index (χ3v) is 2.85. The molecule has 2 unspecified atom stereocenters. The number of nitrogens with one attached hydrogen (secondary N) is 2. The summed E-state index contributed by atoms with van der Waals surface area (Å²) in [6.07, 6.45) is 0.978. The van der Waals surface area contributed by atoms with Crippen LogP contribution in [-0.2, 0) is 4.74 Å². The standard InChI is InChI=1S/C9H18N4O3/c1-6(2)8-4-7(5-16-8)12(3)9(10)11-13(14)15/h6-8H,4-5H2,1-3H3,(H2,10,11). The predicted molar refractivity (Wildman–Crippen MR) is 58.6 cm³/mol. The molecule has 1 aliphatic rings. The lowest BCUT2D eigenvalue weighted by Gasteiger charge is -2.23. The van der Waals surface area contributed by atoms with Crippen molar-refractivity contribution in [1.29, 1.82) is 5.41 Å². The molecule has 0 bridgehead atoms. The van der Waals surface area contributed by atoms with Gasteiger partial charge in [0.15, 0.2) is 5.03 Å². The van der Waals surface area contributed by atoms with Crippen LogP contribution in [0.1, 0.15) is 20.3 Å². The van der Waals surface area contributed by atoms with Gasteiger partial charge in [0.05, 0.1) is 18.8 Å². The molecule has 0 spiro atoms. The third-order valence-electron chi connectivity index (χ3n) is 2.85. The summed E-state index contributed by atoms with van der Waals surface area (Å²) in [6, 6.07) is 0.0346. The van der Waals surface area contributed by atoms with Crippen molar-refractivity contribution in [2.24, 2.45) is 5.92 Å². The number of ether oxygens (including phenoxy) is 1. The molecule has 92 valence electrons. The van der Waals surface area contributed by atoms with Gasteiger partial charge < -0.3 is 9.64 Å². The van der Waals surface area contributed by atoms with E-state index in [1.54, 1.807) is 11.9 Å². The molecule has 0 aromatic carbocycles. The average molecular weight is 230 g/mol. The molecule has 7 heteroatoms. The van der Waals surface area contributed by atoms with Crippen molar-refractivity contribution in [3.05, 3.63) is 10.1 Å². The van der Waals surface area contributed by atoms with E-state index in [-0.39, 0.29) is 18.1 Å². The first-order valence-corrected chi connectivity index (χ1v) is 5.25. The first-order chi connectivity index (χ1) is 7.41. The second kappa shape index (κ2) is 5.11. The highest BCUT2D eigenvalue weighted by Crippen LogP contribution is 2.23. The summed E-state index contributed by atoms with van der Waals surface area (Å²) >= 11 is 0. The van der Waals surface area contributed by atoms with E-state index in [4.69, 9.17) is 10.1 Å². The normalized spacial score (nSPS) is 24.5. The Hall–Kier alpha value is -1.37. The van der Waals surface area contributed by atoms with Gasteiger partial charge >= 0.3 is 0 Å². The SMILES string of the molecule is CC(C)C1CC(N(C)C(=N)N[N+](=O)[O-])CO1. The zero-order valence-corrected chi connectivity index (χ0v) is 9.77. The molecule has 0 aromatic heterocycles. The van der Waals surface area contributed by atoms with E-state index in [1.165, 1.54) is 0 Å². The van der Waals surface area contributed by atoms with Crippen LogP contribution in [0.15, 0.2) is 0 Å². The van der Waals surface area contributed by atoms with Crippen LogP contribution in [0.2, 0.25) is 0 Å². The summed E-state index contributed by atoms with van der Waals surface area (Å²) in [5.74, 6) is 0.221. The monoisotopic (exact) mass is 230 g/mol. The Morgan fingerprint density at radius 2 is 2.31 bits per heavy atom. The zero-order valence-electron chi connectivity index (χ0n) is 9.77. The number of hydrazine groups is 1. The highest BCUT2D eigenvalue weighted by atomic mass is 16.7. The Kier molecular flexibility index (Phi) is 4.05. The molecule has 0 saturated carbocycles. The summed E-state index contributed by atoms with van der Waals surface area (Å²) in [5, 5.41) is 17.0. The van der Waals surface area contributed by atoms with Crippen molar-refractivity contribution in [3.63, 3.8) is 0 Å². The van der Waals surface area contributed by atoms with Crippen LogP contribution in [0.3, 0.4) is 0 Å². The Labute approximate surface area is 94.4 Å². The van der Waals surface area contributed by atoms with Crippen LogP contribution in [0.5, 0.6) is 0 Å². The summed E-state index contributed by atoms with van der Waals surface area (Å²) < 4.78 is 5.57. The van der Waals surface area contributed by atoms with Crippen LogP contribution in [-0.4, -0.2) is 41.7 Å². The number of nitrogens with zero attached hydrogens (tertiary/aromatic N) is 2. The quantitative estimate of drug-likeness (QED) is 0.318. The fraction of sp³-hybridized carbons (Fsp3) is 0.889. The molecular formula is C9H18N4O3. The maximum atomic E-state index is 10.2.